The number of carboxylic acid groups (broad SMARTS) is 1. The molecule has 3 N–H and O–H groups in total. The first-order valence-electron chi connectivity index (χ1n) is 9.75. The molecule has 4 rings (SSSR count). The first-order valence-corrected chi connectivity index (χ1v) is 9.75. The Morgan fingerprint density at radius 1 is 0.870 bits per heavy atom. The molecule has 2 unspecified atom stereocenters. The van der Waals surface area contributed by atoms with Crippen LogP contribution in [0.2, 0.25) is 0 Å². The Balaban J connectivity index is 0.000000354. The summed E-state index contributed by atoms with van der Waals surface area (Å²) >= 11 is 0. The number of aliphatic carboxylic acids is 1. The molecule has 0 radical (unpaired) electrons. The zero-order valence-corrected chi connectivity index (χ0v) is 14.6. The number of nitrogens with zero attached hydrogens (tertiary/aromatic N) is 1. The van der Waals surface area contributed by atoms with Crippen LogP contribution in [0.3, 0.4) is 0 Å². The number of hydrogen-bond donors (Lipinski definition) is 2. The molecule has 2 aliphatic heterocycles. The van der Waals surface area contributed by atoms with Gasteiger partial charge in [-0.25, -0.2) is 0 Å². The minimum absolute atomic E-state index is 0.495. The van der Waals surface area contributed by atoms with Gasteiger partial charge in [0.05, 0.1) is 0 Å². The third-order valence-electron chi connectivity index (χ3n) is 6.59. The van der Waals surface area contributed by atoms with E-state index in [-0.39, 0.29) is 0 Å². The average Bonchev–Trinajstić information content (AvgIpc) is 2.45. The van der Waals surface area contributed by atoms with E-state index in [0.29, 0.717) is 6.04 Å². The fraction of sp³-hybridized carbons (Fsp3) is 0.947. The van der Waals surface area contributed by atoms with Gasteiger partial charge in [-0.15, -0.1) is 0 Å². The van der Waals surface area contributed by atoms with Gasteiger partial charge in [-0.1, -0.05) is 25.7 Å². The van der Waals surface area contributed by atoms with Gasteiger partial charge < -0.3 is 10.8 Å². The van der Waals surface area contributed by atoms with Gasteiger partial charge in [-0.3, -0.25) is 9.69 Å². The fourth-order valence-electron chi connectivity index (χ4n) is 6.00. The molecule has 0 spiro atoms. The largest absolute Gasteiger partial charge is 0.481 e. The van der Waals surface area contributed by atoms with Crippen LogP contribution in [0.1, 0.15) is 77.6 Å². The summed E-state index contributed by atoms with van der Waals surface area (Å²) in [5.74, 6) is 1.29. The van der Waals surface area contributed by atoms with E-state index in [2.05, 4.69) is 4.90 Å². The summed E-state index contributed by atoms with van der Waals surface area (Å²) in [6.07, 6.45) is 16.0. The molecular weight excluding hydrogens is 288 g/mol. The van der Waals surface area contributed by atoms with Gasteiger partial charge in [0.1, 0.15) is 0 Å². The molecule has 23 heavy (non-hydrogen) atoms. The van der Waals surface area contributed by atoms with E-state index in [1.165, 1.54) is 64.2 Å². The summed E-state index contributed by atoms with van der Waals surface area (Å²) in [6.45, 7) is 1.08. The summed E-state index contributed by atoms with van der Waals surface area (Å²) in [7, 11) is 0. The molecule has 132 valence electrons. The van der Waals surface area contributed by atoms with Crippen molar-refractivity contribution in [1.29, 1.82) is 0 Å². The minimum Gasteiger partial charge on any atom is -0.481 e. The van der Waals surface area contributed by atoms with Crippen LogP contribution >= 0.6 is 0 Å². The molecule has 4 aliphatic rings. The van der Waals surface area contributed by atoms with Gasteiger partial charge in [0, 0.05) is 31.1 Å². The van der Waals surface area contributed by atoms with Crippen molar-refractivity contribution in [2.24, 2.45) is 17.6 Å². The summed E-state index contributed by atoms with van der Waals surface area (Å²) in [6, 6.07) is 3.10. The molecule has 2 heterocycles. The standard InChI is InChI=1S/C17H30N2.C2H4O2/c18-14-10-15-5-2-6-16(11-14)19(15)17-8-12-3-1-4-13(7-12)9-17;1-2(3)4/h12-17H,1-11,18H2;1H3,(H,3,4)/t12-,13+,14?,15-,16+,17?;. The molecular formula is C19H34N2O2. The van der Waals surface area contributed by atoms with Crippen molar-refractivity contribution in [3.8, 4) is 0 Å². The molecule has 0 aromatic rings. The number of carboxylic acids is 1. The predicted octanol–water partition coefficient (Wildman–Crippen LogP) is 3.39. The fourth-order valence-corrected chi connectivity index (χ4v) is 6.00. The molecule has 4 fully saturated rings. The Morgan fingerprint density at radius 3 is 1.87 bits per heavy atom. The van der Waals surface area contributed by atoms with Crippen molar-refractivity contribution in [2.45, 2.75) is 102 Å². The highest BCUT2D eigenvalue weighted by Gasteiger charge is 2.43. The molecule has 6 atom stereocenters. The maximum atomic E-state index is 9.00. The zero-order chi connectivity index (χ0) is 16.4. The van der Waals surface area contributed by atoms with Crippen molar-refractivity contribution in [1.82, 2.24) is 4.90 Å². The van der Waals surface area contributed by atoms with Crippen molar-refractivity contribution in [2.75, 3.05) is 0 Å². The van der Waals surface area contributed by atoms with Crippen molar-refractivity contribution >= 4 is 5.97 Å². The molecule has 0 amide bonds. The first kappa shape index (κ1) is 17.2. The lowest BCUT2D eigenvalue weighted by Crippen LogP contribution is -2.60. The summed E-state index contributed by atoms with van der Waals surface area (Å²) in [4.78, 5) is 12.0. The molecule has 4 heteroatoms. The molecule has 4 nitrogen and oxygen atoms in total. The number of rotatable bonds is 1. The van der Waals surface area contributed by atoms with Gasteiger partial charge in [-0.2, -0.15) is 0 Å². The maximum Gasteiger partial charge on any atom is 0.300 e. The van der Waals surface area contributed by atoms with Crippen LogP contribution in [0.15, 0.2) is 0 Å². The average molecular weight is 322 g/mol. The quantitative estimate of drug-likeness (QED) is 0.776. The Morgan fingerprint density at radius 2 is 1.35 bits per heavy atom. The third-order valence-corrected chi connectivity index (χ3v) is 6.59. The number of hydrogen-bond acceptors (Lipinski definition) is 3. The van der Waals surface area contributed by atoms with Crippen molar-refractivity contribution < 1.29 is 9.90 Å². The van der Waals surface area contributed by atoms with Gasteiger partial charge >= 0.3 is 0 Å². The van der Waals surface area contributed by atoms with Crippen molar-refractivity contribution in [3.05, 3.63) is 0 Å². The Bertz CT molecular complexity index is 384. The van der Waals surface area contributed by atoms with Crippen LogP contribution in [-0.4, -0.2) is 40.1 Å². The van der Waals surface area contributed by atoms with E-state index >= 15 is 0 Å². The molecule has 2 aliphatic carbocycles. The van der Waals surface area contributed by atoms with E-state index in [1.807, 2.05) is 0 Å². The smallest absolute Gasteiger partial charge is 0.300 e. The van der Waals surface area contributed by atoms with Crippen LogP contribution in [0.25, 0.3) is 0 Å². The van der Waals surface area contributed by atoms with E-state index in [9.17, 15) is 0 Å². The summed E-state index contributed by atoms with van der Waals surface area (Å²) < 4.78 is 0. The molecule has 0 aromatic heterocycles. The lowest BCUT2D eigenvalue weighted by molar-refractivity contribution is -0.134. The number of fused-ring (bicyclic) bond motifs is 4. The van der Waals surface area contributed by atoms with E-state index in [0.717, 1.165) is 36.9 Å². The van der Waals surface area contributed by atoms with Gasteiger partial charge in [0.2, 0.25) is 0 Å². The van der Waals surface area contributed by atoms with E-state index in [4.69, 9.17) is 15.6 Å². The van der Waals surface area contributed by atoms with Crippen LogP contribution in [0.4, 0.5) is 0 Å². The Labute approximate surface area is 140 Å². The molecule has 2 saturated carbocycles. The second-order valence-corrected chi connectivity index (χ2v) is 8.46. The van der Waals surface area contributed by atoms with Crippen LogP contribution in [-0.2, 0) is 4.79 Å². The van der Waals surface area contributed by atoms with E-state index < -0.39 is 5.97 Å². The summed E-state index contributed by atoms with van der Waals surface area (Å²) in [5, 5.41) is 7.42. The topological polar surface area (TPSA) is 66.6 Å². The van der Waals surface area contributed by atoms with Gasteiger partial charge in [0.15, 0.2) is 0 Å². The monoisotopic (exact) mass is 322 g/mol. The Hall–Kier alpha value is -0.610. The zero-order valence-electron chi connectivity index (χ0n) is 14.6. The number of piperidine rings is 2. The van der Waals surface area contributed by atoms with Crippen LogP contribution in [0, 0.1) is 11.8 Å². The molecule has 4 bridgehead atoms. The SMILES string of the molecule is CC(=O)O.NC1C[C@H]2CCC[C@@H](C1)N2C1C[C@H]2CCC[C@@H](C1)C2. The Kier molecular flexibility index (Phi) is 5.63. The lowest BCUT2D eigenvalue weighted by Gasteiger charge is -2.55. The summed E-state index contributed by atoms with van der Waals surface area (Å²) in [5.41, 5.74) is 6.28. The number of nitrogens with two attached hydrogens (primary N) is 1. The second-order valence-electron chi connectivity index (χ2n) is 8.46. The molecule has 0 aromatic carbocycles. The minimum atomic E-state index is -0.833. The van der Waals surface area contributed by atoms with Crippen molar-refractivity contribution in [3.63, 3.8) is 0 Å². The highest BCUT2D eigenvalue weighted by atomic mass is 16.4. The normalized spacial score (nSPS) is 43.2. The lowest BCUT2D eigenvalue weighted by atomic mass is 9.68. The molecule has 2 saturated heterocycles. The maximum absolute atomic E-state index is 9.00. The van der Waals surface area contributed by atoms with Gasteiger partial charge in [0.25, 0.3) is 5.97 Å². The first-order chi connectivity index (χ1) is 11.0. The van der Waals surface area contributed by atoms with Crippen LogP contribution < -0.4 is 5.73 Å². The number of carbonyl (C=O) groups is 1. The van der Waals surface area contributed by atoms with Gasteiger partial charge in [-0.05, 0) is 56.8 Å². The van der Waals surface area contributed by atoms with E-state index in [1.54, 1.807) is 6.42 Å². The highest BCUT2D eigenvalue weighted by molar-refractivity contribution is 5.62. The van der Waals surface area contributed by atoms with Crippen LogP contribution in [0.5, 0.6) is 0 Å². The third kappa shape index (κ3) is 4.27. The predicted molar refractivity (Wildman–Crippen MR) is 92.3 cm³/mol. The second kappa shape index (κ2) is 7.52. The highest BCUT2D eigenvalue weighted by Crippen LogP contribution is 2.45.